The van der Waals surface area contributed by atoms with Crippen LogP contribution in [-0.2, 0) is 11.3 Å². The molecule has 26 heavy (non-hydrogen) atoms. The third-order valence-electron chi connectivity index (χ3n) is 4.91. The van der Waals surface area contributed by atoms with E-state index in [1.165, 1.54) is 37.8 Å². The third-order valence-corrected chi connectivity index (χ3v) is 4.91. The van der Waals surface area contributed by atoms with Gasteiger partial charge in [0.05, 0.1) is 6.54 Å². The number of hydrogen-bond donors (Lipinski definition) is 3. The Kier molecular flexibility index (Phi) is 10.2. The topological polar surface area (TPSA) is 65.9 Å². The lowest BCUT2D eigenvalue weighted by molar-refractivity contribution is 0.138. The molecule has 0 heterocycles. The molecule has 7 heteroatoms. The van der Waals surface area contributed by atoms with Crippen LogP contribution in [0.2, 0.25) is 0 Å². The van der Waals surface area contributed by atoms with Gasteiger partial charge in [-0.3, -0.25) is 0 Å². The Morgan fingerprint density at radius 1 is 1.31 bits per heavy atom. The zero-order valence-electron chi connectivity index (χ0n) is 15.7. The normalized spacial score (nSPS) is 16.2. The van der Waals surface area contributed by atoms with E-state index in [9.17, 15) is 9.50 Å². The predicted molar refractivity (Wildman–Crippen MR) is 114 cm³/mol. The summed E-state index contributed by atoms with van der Waals surface area (Å²) in [7, 11) is 1.75. The van der Waals surface area contributed by atoms with Gasteiger partial charge >= 0.3 is 0 Å². The van der Waals surface area contributed by atoms with Gasteiger partial charge in [0.1, 0.15) is 0 Å². The molecule has 0 aliphatic heterocycles. The van der Waals surface area contributed by atoms with Crippen molar-refractivity contribution in [1.82, 2.24) is 10.6 Å². The molecule has 3 N–H and O–H groups in total. The zero-order chi connectivity index (χ0) is 18.1. The number of ether oxygens (including phenoxy) is 1. The van der Waals surface area contributed by atoms with Crippen LogP contribution in [0.5, 0.6) is 5.75 Å². The number of nitrogens with zero attached hydrogens (tertiary/aromatic N) is 1. The second-order valence-corrected chi connectivity index (χ2v) is 6.78. The van der Waals surface area contributed by atoms with Crippen LogP contribution in [0.1, 0.15) is 44.6 Å². The molecule has 0 radical (unpaired) electrons. The lowest BCUT2D eigenvalue weighted by Crippen LogP contribution is -2.43. The number of aliphatic imine (C=N–C) groups is 1. The maximum atomic E-state index is 13.4. The maximum absolute atomic E-state index is 13.4. The minimum absolute atomic E-state index is 0. The van der Waals surface area contributed by atoms with Crippen molar-refractivity contribution in [2.75, 3.05) is 26.8 Å². The van der Waals surface area contributed by atoms with Crippen LogP contribution in [0, 0.1) is 11.2 Å². The number of phenolic OH excluding ortho intramolecular Hbond substituents is 1. The highest BCUT2D eigenvalue weighted by atomic mass is 127. The summed E-state index contributed by atoms with van der Waals surface area (Å²) < 4.78 is 18.7. The Balaban J connectivity index is 0.00000338. The van der Waals surface area contributed by atoms with Crippen molar-refractivity contribution in [2.45, 2.75) is 45.6 Å². The van der Waals surface area contributed by atoms with Gasteiger partial charge in [0.2, 0.25) is 0 Å². The lowest BCUT2D eigenvalue weighted by atomic mass is 9.83. The molecule has 1 aromatic rings. The highest BCUT2D eigenvalue weighted by Gasteiger charge is 2.33. The van der Waals surface area contributed by atoms with Crippen LogP contribution in [0.3, 0.4) is 0 Å². The Morgan fingerprint density at radius 3 is 2.65 bits per heavy atom. The second kappa shape index (κ2) is 11.6. The number of aromatic hydroxyl groups is 1. The van der Waals surface area contributed by atoms with E-state index in [0.29, 0.717) is 6.54 Å². The van der Waals surface area contributed by atoms with Crippen molar-refractivity contribution in [2.24, 2.45) is 10.4 Å². The SMILES string of the molecule is CCNC(=NCc1ccc(O)c(F)c1)NCC1(CCOC)CCCC1.I. The molecular weight excluding hydrogens is 448 g/mol. The Bertz CT molecular complexity index is 578. The fourth-order valence-electron chi connectivity index (χ4n) is 3.39. The van der Waals surface area contributed by atoms with E-state index in [1.54, 1.807) is 13.2 Å². The van der Waals surface area contributed by atoms with Gasteiger partial charge in [-0.2, -0.15) is 0 Å². The third kappa shape index (κ3) is 6.90. The van der Waals surface area contributed by atoms with Crippen molar-refractivity contribution in [3.05, 3.63) is 29.6 Å². The van der Waals surface area contributed by atoms with Crippen LogP contribution in [-0.4, -0.2) is 37.9 Å². The van der Waals surface area contributed by atoms with Crippen LogP contribution < -0.4 is 10.6 Å². The number of benzene rings is 1. The van der Waals surface area contributed by atoms with Gasteiger partial charge in [-0.15, -0.1) is 24.0 Å². The largest absolute Gasteiger partial charge is 0.505 e. The average Bonchev–Trinajstić information content (AvgIpc) is 3.08. The summed E-state index contributed by atoms with van der Waals surface area (Å²) in [6, 6.07) is 4.36. The molecule has 0 amide bonds. The number of halogens is 2. The van der Waals surface area contributed by atoms with E-state index in [-0.39, 0.29) is 35.1 Å². The first-order valence-electron chi connectivity index (χ1n) is 9.07. The van der Waals surface area contributed by atoms with E-state index < -0.39 is 5.82 Å². The lowest BCUT2D eigenvalue weighted by Gasteiger charge is -2.30. The van der Waals surface area contributed by atoms with Crippen molar-refractivity contribution in [3.8, 4) is 5.75 Å². The minimum Gasteiger partial charge on any atom is -0.505 e. The van der Waals surface area contributed by atoms with Crippen molar-refractivity contribution >= 4 is 29.9 Å². The summed E-state index contributed by atoms with van der Waals surface area (Å²) in [6.07, 6.45) is 6.02. The van der Waals surface area contributed by atoms with E-state index >= 15 is 0 Å². The summed E-state index contributed by atoms with van der Waals surface area (Å²) in [5.74, 6) is -0.214. The molecule has 1 aliphatic carbocycles. The van der Waals surface area contributed by atoms with E-state index in [2.05, 4.69) is 15.6 Å². The monoisotopic (exact) mass is 479 g/mol. The van der Waals surface area contributed by atoms with Crippen molar-refractivity contribution in [3.63, 3.8) is 0 Å². The molecule has 0 atom stereocenters. The Labute approximate surface area is 172 Å². The van der Waals surface area contributed by atoms with E-state index in [4.69, 9.17) is 4.74 Å². The van der Waals surface area contributed by atoms with Crippen LogP contribution in [0.4, 0.5) is 4.39 Å². The standard InChI is InChI=1S/C19H30FN3O2.HI/c1-3-21-18(22-13-15-6-7-17(24)16(20)12-15)23-14-19(10-11-25-2)8-4-5-9-19;/h6-7,12,24H,3-5,8-11,13-14H2,1-2H3,(H2,21,22,23);1H. The first-order chi connectivity index (χ1) is 12.1. The smallest absolute Gasteiger partial charge is 0.191 e. The van der Waals surface area contributed by atoms with Gasteiger partial charge in [-0.1, -0.05) is 18.9 Å². The molecule has 0 spiro atoms. The van der Waals surface area contributed by atoms with Gasteiger partial charge < -0.3 is 20.5 Å². The first kappa shape index (κ1) is 23.0. The number of phenols is 1. The number of methoxy groups -OCH3 is 1. The molecule has 5 nitrogen and oxygen atoms in total. The first-order valence-corrected chi connectivity index (χ1v) is 9.07. The molecular formula is C19H31FIN3O2. The fraction of sp³-hybridized carbons (Fsp3) is 0.632. The molecule has 0 aromatic heterocycles. The molecule has 2 rings (SSSR count). The quantitative estimate of drug-likeness (QED) is 0.302. The van der Waals surface area contributed by atoms with Gasteiger partial charge in [0.15, 0.2) is 17.5 Å². The maximum Gasteiger partial charge on any atom is 0.191 e. The number of rotatable bonds is 8. The van der Waals surface area contributed by atoms with Gasteiger partial charge in [-0.05, 0) is 49.3 Å². The van der Waals surface area contributed by atoms with Gasteiger partial charge in [0.25, 0.3) is 0 Å². The van der Waals surface area contributed by atoms with E-state index in [0.717, 1.165) is 37.6 Å². The number of nitrogens with one attached hydrogen (secondary N) is 2. The fourth-order valence-corrected chi connectivity index (χ4v) is 3.39. The van der Waals surface area contributed by atoms with Crippen LogP contribution >= 0.6 is 24.0 Å². The molecule has 148 valence electrons. The summed E-state index contributed by atoms with van der Waals surface area (Å²) in [5.41, 5.74) is 0.999. The summed E-state index contributed by atoms with van der Waals surface area (Å²) in [5, 5.41) is 16.0. The zero-order valence-corrected chi connectivity index (χ0v) is 18.0. The molecule has 0 bridgehead atoms. The molecule has 0 unspecified atom stereocenters. The molecule has 0 saturated heterocycles. The second-order valence-electron chi connectivity index (χ2n) is 6.78. The van der Waals surface area contributed by atoms with Gasteiger partial charge in [-0.25, -0.2) is 9.38 Å². The van der Waals surface area contributed by atoms with Gasteiger partial charge in [0, 0.05) is 26.8 Å². The van der Waals surface area contributed by atoms with Crippen molar-refractivity contribution in [1.29, 1.82) is 0 Å². The van der Waals surface area contributed by atoms with Crippen LogP contribution in [0.25, 0.3) is 0 Å². The highest BCUT2D eigenvalue weighted by molar-refractivity contribution is 14.0. The molecule has 1 saturated carbocycles. The average molecular weight is 479 g/mol. The molecule has 1 aromatic carbocycles. The number of guanidine groups is 1. The van der Waals surface area contributed by atoms with Crippen LogP contribution in [0.15, 0.2) is 23.2 Å². The summed E-state index contributed by atoms with van der Waals surface area (Å²) in [6.45, 7) is 4.79. The Hall–Kier alpha value is -1.09. The molecule has 1 aliphatic rings. The predicted octanol–water partition coefficient (Wildman–Crippen LogP) is 3.80. The van der Waals surface area contributed by atoms with Crippen molar-refractivity contribution < 1.29 is 14.2 Å². The highest BCUT2D eigenvalue weighted by Crippen LogP contribution is 2.40. The summed E-state index contributed by atoms with van der Waals surface area (Å²) in [4.78, 5) is 4.54. The summed E-state index contributed by atoms with van der Waals surface area (Å²) >= 11 is 0. The van der Waals surface area contributed by atoms with E-state index in [1.807, 2.05) is 6.92 Å². The molecule has 1 fully saturated rings. The minimum atomic E-state index is -0.616. The Morgan fingerprint density at radius 2 is 2.04 bits per heavy atom. The number of hydrogen-bond acceptors (Lipinski definition) is 3.